The topological polar surface area (TPSA) is 143 Å². The second-order valence-electron chi connectivity index (χ2n) is 4.92. The van der Waals surface area contributed by atoms with Crippen molar-refractivity contribution in [1.29, 1.82) is 0 Å². The Bertz CT molecular complexity index is 927. The molecule has 2 heterocycles. The van der Waals surface area contributed by atoms with E-state index in [4.69, 9.17) is 9.52 Å². The Morgan fingerprint density at radius 2 is 1.88 bits per heavy atom. The van der Waals surface area contributed by atoms with E-state index >= 15 is 0 Å². The molecule has 0 atom stereocenters. The summed E-state index contributed by atoms with van der Waals surface area (Å²) in [4.78, 5) is 45.0. The van der Waals surface area contributed by atoms with Crippen LogP contribution < -0.4 is 10.4 Å². The normalized spacial score (nSPS) is 15.5. The molecule has 2 aromatic rings. The quantitative estimate of drug-likeness (QED) is 0.369. The first kappa shape index (κ1) is 15.9. The Balaban J connectivity index is 1.87. The maximum absolute atomic E-state index is 12.4. The van der Waals surface area contributed by atoms with E-state index in [1.807, 2.05) is 0 Å². The van der Waals surface area contributed by atoms with Gasteiger partial charge < -0.3 is 9.52 Å². The lowest BCUT2D eigenvalue weighted by Crippen LogP contribution is -2.35. The average molecular weight is 343 g/mol. The number of nitrogens with one attached hydrogen (secondary N) is 1. The second-order valence-corrected chi connectivity index (χ2v) is 4.92. The van der Waals surface area contributed by atoms with Crippen LogP contribution in [0, 0.1) is 10.1 Å². The number of anilines is 1. The zero-order valence-electron chi connectivity index (χ0n) is 12.3. The number of hydrogen-bond acceptors (Lipinski definition) is 6. The van der Waals surface area contributed by atoms with Crippen molar-refractivity contribution in [3.8, 4) is 0 Å². The van der Waals surface area contributed by atoms with Crippen molar-refractivity contribution in [2.45, 2.75) is 0 Å². The van der Waals surface area contributed by atoms with E-state index in [1.54, 1.807) is 0 Å². The van der Waals surface area contributed by atoms with Gasteiger partial charge >= 0.3 is 11.9 Å². The lowest BCUT2D eigenvalue weighted by molar-refractivity contribution is -0.402. The minimum Gasteiger partial charge on any atom is -0.478 e. The highest BCUT2D eigenvalue weighted by Gasteiger charge is 2.35. The van der Waals surface area contributed by atoms with E-state index in [9.17, 15) is 24.5 Å². The first-order chi connectivity index (χ1) is 11.9. The van der Waals surface area contributed by atoms with Crippen molar-refractivity contribution in [2.24, 2.45) is 0 Å². The van der Waals surface area contributed by atoms with Gasteiger partial charge in [0.2, 0.25) is 0 Å². The first-order valence-corrected chi connectivity index (χ1v) is 6.81. The largest absolute Gasteiger partial charge is 0.478 e. The number of nitrogens with zero attached hydrogens (tertiary/aromatic N) is 2. The number of carbonyl (C=O) groups is 3. The minimum absolute atomic E-state index is 0.0201. The molecule has 0 bridgehead atoms. The Hall–Kier alpha value is -3.95. The lowest BCUT2D eigenvalue weighted by atomic mass is 10.2. The minimum atomic E-state index is -1.12. The van der Waals surface area contributed by atoms with Gasteiger partial charge in [0.25, 0.3) is 11.8 Å². The van der Waals surface area contributed by atoms with E-state index in [2.05, 4.69) is 5.43 Å². The fourth-order valence-electron chi connectivity index (χ4n) is 2.15. The number of benzene rings is 1. The number of hydrazine groups is 1. The van der Waals surface area contributed by atoms with Crippen molar-refractivity contribution in [2.75, 3.05) is 5.01 Å². The van der Waals surface area contributed by atoms with Gasteiger partial charge in [-0.25, -0.2) is 9.80 Å². The van der Waals surface area contributed by atoms with Crippen LogP contribution in [0.2, 0.25) is 0 Å². The van der Waals surface area contributed by atoms with Crippen molar-refractivity contribution < 1.29 is 28.8 Å². The number of furan rings is 1. The number of carboxylic acid groups (broad SMARTS) is 1. The van der Waals surface area contributed by atoms with Gasteiger partial charge in [0.15, 0.2) is 0 Å². The van der Waals surface area contributed by atoms with E-state index in [0.717, 1.165) is 17.2 Å². The van der Waals surface area contributed by atoms with E-state index in [-0.39, 0.29) is 22.6 Å². The van der Waals surface area contributed by atoms with Crippen LogP contribution in [0.4, 0.5) is 11.6 Å². The van der Waals surface area contributed by atoms with E-state index < -0.39 is 28.6 Å². The second kappa shape index (κ2) is 5.92. The van der Waals surface area contributed by atoms with Crippen LogP contribution in [0.15, 0.2) is 46.4 Å². The maximum atomic E-state index is 12.4. The van der Waals surface area contributed by atoms with Gasteiger partial charge in [-0.05, 0) is 36.4 Å². The fraction of sp³-hybridized carbons (Fsp3) is 0. The van der Waals surface area contributed by atoms with Crippen LogP contribution in [-0.4, -0.2) is 27.8 Å². The molecule has 1 aliphatic rings. The van der Waals surface area contributed by atoms with Crippen LogP contribution in [0.25, 0.3) is 6.08 Å². The van der Waals surface area contributed by atoms with Gasteiger partial charge in [0, 0.05) is 0 Å². The van der Waals surface area contributed by atoms with Crippen LogP contribution >= 0.6 is 0 Å². The molecule has 3 rings (SSSR count). The summed E-state index contributed by atoms with van der Waals surface area (Å²) in [6.45, 7) is 0. The summed E-state index contributed by atoms with van der Waals surface area (Å²) in [5.74, 6) is -3.08. The molecule has 0 saturated carbocycles. The highest BCUT2D eigenvalue weighted by atomic mass is 16.6. The standard InChI is InChI=1S/C15H9N3O7/c19-13-11(7-10-5-6-12(25-10)18(23)24)14(20)17(16-13)9-3-1-8(2-4-9)15(21)22/h1-7H,(H,16,19)(H,21,22)/b11-7-. The lowest BCUT2D eigenvalue weighted by Gasteiger charge is -2.14. The summed E-state index contributed by atoms with van der Waals surface area (Å²) in [7, 11) is 0. The highest BCUT2D eigenvalue weighted by molar-refractivity contribution is 6.31. The Labute approximate surface area is 139 Å². The third-order valence-corrected chi connectivity index (χ3v) is 3.34. The van der Waals surface area contributed by atoms with Crippen molar-refractivity contribution in [1.82, 2.24) is 5.43 Å². The summed E-state index contributed by atoms with van der Waals surface area (Å²) >= 11 is 0. The number of carboxylic acids is 1. The predicted molar refractivity (Wildman–Crippen MR) is 82.4 cm³/mol. The number of amides is 2. The van der Waals surface area contributed by atoms with Gasteiger partial charge in [-0.2, -0.15) is 0 Å². The molecule has 1 fully saturated rings. The zero-order chi connectivity index (χ0) is 18.1. The highest BCUT2D eigenvalue weighted by Crippen LogP contribution is 2.24. The maximum Gasteiger partial charge on any atom is 0.433 e. The molecule has 1 aliphatic heterocycles. The number of carbonyl (C=O) groups excluding carboxylic acids is 2. The van der Waals surface area contributed by atoms with Gasteiger partial charge in [-0.15, -0.1) is 0 Å². The van der Waals surface area contributed by atoms with Crippen LogP contribution in [0.1, 0.15) is 16.1 Å². The molecule has 10 heteroatoms. The third-order valence-electron chi connectivity index (χ3n) is 3.34. The molecule has 2 amide bonds. The number of aromatic carboxylic acids is 1. The molecule has 1 aromatic carbocycles. The first-order valence-electron chi connectivity index (χ1n) is 6.81. The molecule has 0 unspecified atom stereocenters. The number of rotatable bonds is 4. The van der Waals surface area contributed by atoms with Crippen molar-refractivity contribution >= 4 is 35.4 Å². The molecule has 2 N–H and O–H groups in total. The van der Waals surface area contributed by atoms with Crippen molar-refractivity contribution in [3.05, 3.63) is 63.4 Å². The zero-order valence-corrected chi connectivity index (χ0v) is 12.3. The SMILES string of the molecule is O=C1NN(c2ccc(C(=O)O)cc2)C(=O)/C1=C\c1ccc([N+](=O)[O-])o1. The summed E-state index contributed by atoms with van der Waals surface area (Å²) in [5.41, 5.74) is 2.34. The molecule has 0 radical (unpaired) electrons. The van der Waals surface area contributed by atoms with Crippen molar-refractivity contribution in [3.63, 3.8) is 0 Å². The molecular weight excluding hydrogens is 334 g/mol. The van der Waals surface area contributed by atoms with Crippen LogP contribution in [-0.2, 0) is 9.59 Å². The molecule has 10 nitrogen and oxygen atoms in total. The van der Waals surface area contributed by atoms with Gasteiger partial charge in [0.1, 0.15) is 16.3 Å². The van der Waals surface area contributed by atoms with E-state index in [1.165, 1.54) is 30.3 Å². The predicted octanol–water partition coefficient (Wildman–Crippen LogP) is 1.35. The monoisotopic (exact) mass is 343 g/mol. The Morgan fingerprint density at radius 3 is 2.44 bits per heavy atom. The summed E-state index contributed by atoms with van der Waals surface area (Å²) in [6.07, 6.45) is 1.09. The summed E-state index contributed by atoms with van der Waals surface area (Å²) in [5, 5.41) is 20.4. The van der Waals surface area contributed by atoms with Gasteiger partial charge in [0.05, 0.1) is 17.3 Å². The summed E-state index contributed by atoms with van der Waals surface area (Å²) in [6, 6.07) is 7.66. The van der Waals surface area contributed by atoms with Gasteiger partial charge in [-0.3, -0.25) is 25.1 Å². The molecule has 126 valence electrons. The fourth-order valence-corrected chi connectivity index (χ4v) is 2.15. The Kier molecular flexibility index (Phi) is 3.77. The third kappa shape index (κ3) is 2.95. The molecule has 1 saturated heterocycles. The molecule has 0 aliphatic carbocycles. The molecule has 0 spiro atoms. The molecule has 25 heavy (non-hydrogen) atoms. The smallest absolute Gasteiger partial charge is 0.433 e. The number of nitro groups is 1. The molecule has 1 aromatic heterocycles. The van der Waals surface area contributed by atoms with Crippen LogP contribution in [0.3, 0.4) is 0 Å². The summed E-state index contributed by atoms with van der Waals surface area (Å²) < 4.78 is 4.90. The van der Waals surface area contributed by atoms with Gasteiger partial charge in [-0.1, -0.05) is 0 Å². The number of hydrogen-bond donors (Lipinski definition) is 2. The van der Waals surface area contributed by atoms with E-state index in [0.29, 0.717) is 0 Å². The van der Waals surface area contributed by atoms with Crippen LogP contribution in [0.5, 0.6) is 0 Å². The average Bonchev–Trinajstić information content (AvgIpc) is 3.15. The molecular formula is C15H9N3O7. The Morgan fingerprint density at radius 1 is 1.20 bits per heavy atom.